The Morgan fingerprint density at radius 1 is 0.618 bits per heavy atom. The van der Waals surface area contributed by atoms with Crippen molar-refractivity contribution in [3.63, 3.8) is 0 Å². The van der Waals surface area contributed by atoms with E-state index in [1.807, 2.05) is 0 Å². The topological polar surface area (TPSA) is 149 Å². The molecule has 7 atom stereocenters. The molecule has 55 heavy (non-hydrogen) atoms. The summed E-state index contributed by atoms with van der Waals surface area (Å²) in [5.41, 5.74) is 0. The van der Waals surface area contributed by atoms with Crippen molar-refractivity contribution >= 4 is 5.91 Å². The van der Waals surface area contributed by atoms with Gasteiger partial charge in [0.1, 0.15) is 24.4 Å². The van der Waals surface area contributed by atoms with Crippen LogP contribution in [0.2, 0.25) is 0 Å². The molecule has 324 valence electrons. The number of carbonyl (C=O) groups is 1. The monoisotopic (exact) mass is 782 g/mol. The summed E-state index contributed by atoms with van der Waals surface area (Å²) < 4.78 is 11.2. The van der Waals surface area contributed by atoms with Crippen LogP contribution in [0.3, 0.4) is 0 Å². The Balaban J connectivity index is 2.33. The van der Waals surface area contributed by atoms with Crippen LogP contribution >= 0.6 is 0 Å². The van der Waals surface area contributed by atoms with Gasteiger partial charge in [0.2, 0.25) is 5.91 Å². The second-order valence-electron chi connectivity index (χ2n) is 16.2. The molecule has 6 N–H and O–H groups in total. The summed E-state index contributed by atoms with van der Waals surface area (Å²) in [5.74, 6) is -0.158. The zero-order valence-corrected chi connectivity index (χ0v) is 35.4. The molecule has 1 rings (SSSR count). The van der Waals surface area contributed by atoms with Gasteiger partial charge in [-0.05, 0) is 38.5 Å². The molecule has 0 bridgehead atoms. The van der Waals surface area contributed by atoms with Crippen molar-refractivity contribution in [2.45, 2.75) is 249 Å². The molecule has 9 nitrogen and oxygen atoms in total. The predicted octanol–water partition coefficient (Wildman–Crippen LogP) is 9.50. The van der Waals surface area contributed by atoms with Crippen molar-refractivity contribution in [3.8, 4) is 0 Å². The first-order chi connectivity index (χ1) is 26.8. The minimum absolute atomic E-state index is 0.142. The van der Waals surface area contributed by atoms with E-state index < -0.39 is 49.5 Å². The quantitative estimate of drug-likeness (QED) is 0.0268. The van der Waals surface area contributed by atoms with Crippen LogP contribution in [0.15, 0.2) is 24.3 Å². The molecule has 1 aliphatic rings. The van der Waals surface area contributed by atoms with Gasteiger partial charge in [-0.25, -0.2) is 0 Å². The van der Waals surface area contributed by atoms with Gasteiger partial charge in [-0.2, -0.15) is 0 Å². The van der Waals surface area contributed by atoms with E-state index in [9.17, 15) is 30.3 Å². The van der Waals surface area contributed by atoms with E-state index in [-0.39, 0.29) is 12.5 Å². The highest BCUT2D eigenvalue weighted by Gasteiger charge is 2.44. The molecule has 1 heterocycles. The van der Waals surface area contributed by atoms with Crippen LogP contribution < -0.4 is 5.32 Å². The van der Waals surface area contributed by atoms with Crippen LogP contribution in [-0.4, -0.2) is 87.5 Å². The average Bonchev–Trinajstić information content (AvgIpc) is 3.18. The first-order valence-corrected chi connectivity index (χ1v) is 23.0. The second-order valence-corrected chi connectivity index (χ2v) is 16.2. The molecule has 1 fully saturated rings. The number of hydrogen-bond acceptors (Lipinski definition) is 8. The molecule has 0 aromatic carbocycles. The molecular formula is C46H87NO8. The lowest BCUT2D eigenvalue weighted by atomic mass is 9.99. The Morgan fingerprint density at radius 3 is 1.62 bits per heavy atom. The summed E-state index contributed by atoms with van der Waals surface area (Å²) in [6, 6.07) is -0.723. The van der Waals surface area contributed by atoms with Gasteiger partial charge in [0.25, 0.3) is 0 Å². The molecule has 1 saturated heterocycles. The van der Waals surface area contributed by atoms with Crippen LogP contribution in [0.25, 0.3) is 0 Å². The predicted molar refractivity (Wildman–Crippen MR) is 226 cm³/mol. The number of allylic oxidation sites excluding steroid dienone is 4. The third-order valence-corrected chi connectivity index (χ3v) is 11.1. The Kier molecular flexibility index (Phi) is 34.7. The molecule has 9 heteroatoms. The minimum atomic E-state index is -1.55. The third kappa shape index (κ3) is 27.9. The average molecular weight is 782 g/mol. The van der Waals surface area contributed by atoms with Gasteiger partial charge >= 0.3 is 0 Å². The SMILES string of the molecule is CCCC/C=C\C/C=C\CCCCCCCC(=O)NC(COC1OC(CO)C(O)C(O)C1O)C(O)CCCCCCCCCCCCCCCCCCCC. The fourth-order valence-corrected chi connectivity index (χ4v) is 7.29. The van der Waals surface area contributed by atoms with Gasteiger partial charge < -0.3 is 40.3 Å². The van der Waals surface area contributed by atoms with Gasteiger partial charge in [-0.3, -0.25) is 4.79 Å². The maximum atomic E-state index is 12.9. The zero-order valence-electron chi connectivity index (χ0n) is 35.4. The number of ether oxygens (including phenoxy) is 2. The summed E-state index contributed by atoms with van der Waals surface area (Å²) in [6.45, 7) is 3.79. The minimum Gasteiger partial charge on any atom is -0.394 e. The van der Waals surface area contributed by atoms with Crippen molar-refractivity contribution in [3.05, 3.63) is 24.3 Å². The Labute approximate surface area is 337 Å². The Hall–Kier alpha value is -1.33. The lowest BCUT2D eigenvalue weighted by molar-refractivity contribution is -0.302. The Bertz CT molecular complexity index is 914. The van der Waals surface area contributed by atoms with Crippen molar-refractivity contribution in [1.29, 1.82) is 0 Å². The first-order valence-electron chi connectivity index (χ1n) is 23.0. The van der Waals surface area contributed by atoms with E-state index in [0.29, 0.717) is 12.8 Å². The molecule has 1 amide bonds. The van der Waals surface area contributed by atoms with E-state index >= 15 is 0 Å². The fraction of sp³-hybridized carbons (Fsp3) is 0.891. The highest BCUT2D eigenvalue weighted by molar-refractivity contribution is 5.76. The van der Waals surface area contributed by atoms with Crippen molar-refractivity contribution < 1.29 is 39.8 Å². The largest absolute Gasteiger partial charge is 0.394 e. The Morgan fingerprint density at radius 2 is 1.09 bits per heavy atom. The van der Waals surface area contributed by atoms with Gasteiger partial charge in [-0.1, -0.05) is 186 Å². The lowest BCUT2D eigenvalue weighted by Gasteiger charge is -2.40. The maximum Gasteiger partial charge on any atom is 0.220 e. The molecule has 0 saturated carbocycles. The van der Waals surface area contributed by atoms with Gasteiger partial charge in [0.15, 0.2) is 6.29 Å². The maximum absolute atomic E-state index is 12.9. The van der Waals surface area contributed by atoms with E-state index in [1.54, 1.807) is 0 Å². The lowest BCUT2D eigenvalue weighted by Crippen LogP contribution is -2.60. The molecule has 1 aliphatic heterocycles. The first kappa shape index (κ1) is 51.7. The highest BCUT2D eigenvalue weighted by Crippen LogP contribution is 2.23. The van der Waals surface area contributed by atoms with Crippen molar-refractivity contribution in [2.24, 2.45) is 0 Å². The summed E-state index contributed by atoms with van der Waals surface area (Å²) >= 11 is 0. The zero-order chi connectivity index (χ0) is 40.2. The normalized spacial score (nSPS) is 21.5. The van der Waals surface area contributed by atoms with Crippen LogP contribution in [-0.2, 0) is 14.3 Å². The number of amides is 1. The number of aliphatic hydroxyl groups excluding tert-OH is 5. The smallest absolute Gasteiger partial charge is 0.220 e. The van der Waals surface area contributed by atoms with Gasteiger partial charge in [0, 0.05) is 6.42 Å². The molecular weight excluding hydrogens is 695 g/mol. The number of nitrogens with one attached hydrogen (secondary N) is 1. The summed E-state index contributed by atoms with van der Waals surface area (Å²) in [6.07, 6.45) is 36.1. The number of rotatable bonds is 38. The summed E-state index contributed by atoms with van der Waals surface area (Å²) in [7, 11) is 0. The highest BCUT2D eigenvalue weighted by atomic mass is 16.7. The molecule has 0 radical (unpaired) electrons. The van der Waals surface area contributed by atoms with E-state index in [4.69, 9.17) is 9.47 Å². The van der Waals surface area contributed by atoms with Crippen LogP contribution in [0.5, 0.6) is 0 Å². The van der Waals surface area contributed by atoms with Crippen molar-refractivity contribution in [1.82, 2.24) is 5.32 Å². The van der Waals surface area contributed by atoms with Crippen molar-refractivity contribution in [2.75, 3.05) is 13.2 Å². The summed E-state index contributed by atoms with van der Waals surface area (Å²) in [5, 5.41) is 54.3. The van der Waals surface area contributed by atoms with E-state index in [2.05, 4.69) is 43.5 Å². The number of aliphatic hydroxyl groups is 5. The number of carbonyl (C=O) groups excluding carboxylic acids is 1. The number of hydrogen-bond donors (Lipinski definition) is 6. The standard InChI is InChI=1S/C46H87NO8/c1-3-5-7-9-11-13-15-17-19-20-21-22-23-25-27-29-31-33-35-40(49)39(38-54-46-45(53)44(52)43(51)41(37-48)55-46)47-42(50)36-34-32-30-28-26-24-18-16-14-12-10-8-6-4-2/h10,12,16,18,39-41,43-46,48-49,51-53H,3-9,11,13-15,17,19-38H2,1-2H3,(H,47,50)/b12-10-,18-16-. The third-order valence-electron chi connectivity index (χ3n) is 11.1. The molecule has 7 unspecified atom stereocenters. The molecule has 0 spiro atoms. The second kappa shape index (κ2) is 37.0. The summed E-state index contributed by atoms with van der Waals surface area (Å²) in [4.78, 5) is 12.9. The fourth-order valence-electron chi connectivity index (χ4n) is 7.29. The van der Waals surface area contributed by atoms with Crippen LogP contribution in [0.4, 0.5) is 0 Å². The van der Waals surface area contributed by atoms with Crippen LogP contribution in [0, 0.1) is 0 Å². The molecule has 0 aliphatic carbocycles. The number of unbranched alkanes of at least 4 members (excludes halogenated alkanes) is 24. The van der Waals surface area contributed by atoms with Gasteiger partial charge in [0.05, 0.1) is 25.4 Å². The van der Waals surface area contributed by atoms with Gasteiger partial charge in [-0.15, -0.1) is 0 Å². The molecule has 0 aromatic heterocycles. The molecule has 0 aromatic rings. The van der Waals surface area contributed by atoms with E-state index in [0.717, 1.165) is 64.2 Å². The van der Waals surface area contributed by atoms with Crippen LogP contribution in [0.1, 0.15) is 206 Å². The van der Waals surface area contributed by atoms with E-state index in [1.165, 1.54) is 116 Å².